The number of nitrogens with one attached hydrogen (secondary N) is 1. The molecule has 0 radical (unpaired) electrons. The van der Waals surface area contributed by atoms with Gasteiger partial charge in [-0.15, -0.1) is 0 Å². The number of primary amides is 1. The van der Waals surface area contributed by atoms with Crippen LogP contribution in [-0.2, 0) is 17.8 Å². The molecule has 1 fully saturated rings. The number of benzene rings is 1. The van der Waals surface area contributed by atoms with Crippen LogP contribution in [0.2, 0.25) is 0 Å². The van der Waals surface area contributed by atoms with Gasteiger partial charge < -0.3 is 16.0 Å². The Labute approximate surface area is 206 Å². The van der Waals surface area contributed by atoms with Crippen molar-refractivity contribution in [1.29, 1.82) is 0 Å². The van der Waals surface area contributed by atoms with Gasteiger partial charge in [0.05, 0.1) is 0 Å². The minimum atomic E-state index is -4.91. The lowest BCUT2D eigenvalue weighted by Crippen LogP contribution is -2.48. The number of alkyl halides is 6. The van der Waals surface area contributed by atoms with E-state index in [1.54, 1.807) is 12.1 Å². The number of fused-ring (bicyclic) bond motifs is 1. The molecule has 1 aliphatic heterocycles. The number of hydrogen-bond acceptors (Lipinski definition) is 4. The average Bonchev–Trinajstić information content (AvgIpc) is 3.27. The first-order chi connectivity index (χ1) is 17.2. The lowest BCUT2D eigenvalue weighted by atomic mass is 9.68. The van der Waals surface area contributed by atoms with Gasteiger partial charge in [-0.3, -0.25) is 0 Å². The molecule has 14 heteroatoms. The number of halogens is 7. The zero-order chi connectivity index (χ0) is 27.2. The van der Waals surface area contributed by atoms with Gasteiger partial charge in [0, 0.05) is 37.2 Å². The Hall–Kier alpha value is -3.58. The summed E-state index contributed by atoms with van der Waals surface area (Å²) in [6.45, 7) is 2.49. The van der Waals surface area contributed by atoms with Crippen LogP contribution in [0.3, 0.4) is 0 Å². The number of amides is 2. The molecule has 7 nitrogen and oxygen atoms in total. The topological polar surface area (TPSA) is 88.6 Å². The SMILES string of the molecule is C[C@@](CNc1cc(C(F)(F)F)nc2cc(C(F)(F)F)nn12)(c1ccc(F)cc1)C1CCN(C(N)=O)CC1. The maximum absolute atomic E-state index is 13.6. The van der Waals surface area contributed by atoms with E-state index in [1.807, 2.05) is 6.92 Å². The maximum atomic E-state index is 13.6. The molecule has 3 heterocycles. The largest absolute Gasteiger partial charge is 0.435 e. The number of aromatic nitrogens is 3. The first kappa shape index (κ1) is 26.5. The van der Waals surface area contributed by atoms with Gasteiger partial charge in [0.1, 0.15) is 11.6 Å². The van der Waals surface area contributed by atoms with E-state index in [1.165, 1.54) is 17.0 Å². The van der Waals surface area contributed by atoms with E-state index < -0.39 is 46.7 Å². The summed E-state index contributed by atoms with van der Waals surface area (Å²) in [4.78, 5) is 16.3. The molecule has 3 N–H and O–H groups in total. The Morgan fingerprint density at radius 1 is 1.03 bits per heavy atom. The van der Waals surface area contributed by atoms with Crippen LogP contribution in [0.5, 0.6) is 0 Å². The van der Waals surface area contributed by atoms with Crippen molar-refractivity contribution in [3.8, 4) is 0 Å². The monoisotopic (exact) mass is 532 g/mol. The highest BCUT2D eigenvalue weighted by molar-refractivity contribution is 5.72. The molecular formula is C23H23F7N6O. The number of nitrogens with two attached hydrogens (primary N) is 1. The molecule has 1 aliphatic rings. The summed E-state index contributed by atoms with van der Waals surface area (Å²) >= 11 is 0. The van der Waals surface area contributed by atoms with Crippen molar-refractivity contribution < 1.29 is 35.5 Å². The zero-order valence-electron chi connectivity index (χ0n) is 19.5. The fourth-order valence-corrected chi connectivity index (χ4v) is 4.71. The normalized spacial score (nSPS) is 17.1. The number of carbonyl (C=O) groups is 1. The van der Waals surface area contributed by atoms with Crippen LogP contribution < -0.4 is 11.1 Å². The van der Waals surface area contributed by atoms with Crippen LogP contribution in [0.15, 0.2) is 36.4 Å². The average molecular weight is 532 g/mol. The van der Waals surface area contributed by atoms with Crippen molar-refractivity contribution in [1.82, 2.24) is 19.5 Å². The summed E-state index contributed by atoms with van der Waals surface area (Å²) in [5, 5.41) is 6.27. The third kappa shape index (κ3) is 5.42. The predicted octanol–water partition coefficient (Wildman–Crippen LogP) is 5.07. The smallest absolute Gasteiger partial charge is 0.369 e. The number of nitrogens with zero attached hydrogens (tertiary/aromatic N) is 4. The second kappa shape index (κ2) is 9.38. The Balaban J connectivity index is 1.73. The minimum absolute atomic E-state index is 0.0303. The number of rotatable bonds is 5. The quantitative estimate of drug-likeness (QED) is 0.450. The molecule has 1 aromatic carbocycles. The van der Waals surface area contributed by atoms with Crippen molar-refractivity contribution >= 4 is 17.5 Å². The molecule has 1 saturated heterocycles. The van der Waals surface area contributed by atoms with Crippen LogP contribution in [0.4, 0.5) is 41.3 Å². The van der Waals surface area contributed by atoms with E-state index in [0.29, 0.717) is 48.1 Å². The molecule has 0 aliphatic carbocycles. The molecule has 0 saturated carbocycles. The molecule has 1 atom stereocenters. The van der Waals surface area contributed by atoms with Gasteiger partial charge in [0.15, 0.2) is 17.0 Å². The second-order valence-electron chi connectivity index (χ2n) is 9.20. The van der Waals surface area contributed by atoms with Crippen LogP contribution in [0.1, 0.15) is 36.7 Å². The molecule has 200 valence electrons. The summed E-state index contributed by atoms with van der Waals surface area (Å²) in [6.07, 6.45) is -8.81. The number of carbonyl (C=O) groups excluding carboxylic acids is 1. The van der Waals surface area contributed by atoms with E-state index in [-0.39, 0.29) is 18.3 Å². The maximum Gasteiger partial charge on any atom is 0.435 e. The van der Waals surface area contributed by atoms with Crippen LogP contribution >= 0.6 is 0 Å². The lowest BCUT2D eigenvalue weighted by Gasteiger charge is -2.43. The van der Waals surface area contributed by atoms with E-state index in [9.17, 15) is 35.5 Å². The predicted molar refractivity (Wildman–Crippen MR) is 119 cm³/mol. The fourth-order valence-electron chi connectivity index (χ4n) is 4.71. The Morgan fingerprint density at radius 2 is 1.62 bits per heavy atom. The highest BCUT2D eigenvalue weighted by atomic mass is 19.4. The zero-order valence-corrected chi connectivity index (χ0v) is 19.5. The molecule has 0 unspecified atom stereocenters. The van der Waals surface area contributed by atoms with Crippen molar-refractivity contribution in [2.24, 2.45) is 11.7 Å². The first-order valence-corrected chi connectivity index (χ1v) is 11.3. The first-order valence-electron chi connectivity index (χ1n) is 11.3. The van der Waals surface area contributed by atoms with Crippen LogP contribution in [-0.4, -0.2) is 45.2 Å². The lowest BCUT2D eigenvalue weighted by molar-refractivity contribution is -0.142. The molecule has 0 bridgehead atoms. The summed E-state index contributed by atoms with van der Waals surface area (Å²) in [5.74, 6) is -0.941. The van der Waals surface area contributed by atoms with Crippen molar-refractivity contribution in [3.05, 3.63) is 59.2 Å². The third-order valence-electron chi connectivity index (χ3n) is 6.86. The fraction of sp³-hybridized carbons (Fsp3) is 0.435. The number of urea groups is 1. The number of likely N-dealkylation sites (tertiary alicyclic amines) is 1. The summed E-state index contributed by atoms with van der Waals surface area (Å²) < 4.78 is 94.5. The highest BCUT2D eigenvalue weighted by Crippen LogP contribution is 2.40. The summed E-state index contributed by atoms with van der Waals surface area (Å²) in [5.41, 5.74) is 1.82. The van der Waals surface area contributed by atoms with E-state index in [4.69, 9.17) is 5.73 Å². The van der Waals surface area contributed by atoms with E-state index in [2.05, 4.69) is 15.4 Å². The van der Waals surface area contributed by atoms with Crippen LogP contribution in [0.25, 0.3) is 5.65 Å². The molecule has 2 amide bonds. The second-order valence-corrected chi connectivity index (χ2v) is 9.20. The van der Waals surface area contributed by atoms with Gasteiger partial charge in [0.2, 0.25) is 0 Å². The van der Waals surface area contributed by atoms with Crippen molar-refractivity contribution in [2.75, 3.05) is 25.0 Å². The molecule has 4 rings (SSSR count). The van der Waals surface area contributed by atoms with Gasteiger partial charge in [0.25, 0.3) is 0 Å². The minimum Gasteiger partial charge on any atom is -0.369 e. The molecule has 37 heavy (non-hydrogen) atoms. The van der Waals surface area contributed by atoms with Gasteiger partial charge in [-0.2, -0.15) is 36.0 Å². The van der Waals surface area contributed by atoms with Gasteiger partial charge in [-0.1, -0.05) is 19.1 Å². The van der Waals surface area contributed by atoms with Crippen molar-refractivity contribution in [2.45, 2.75) is 37.5 Å². The molecular weight excluding hydrogens is 509 g/mol. The van der Waals surface area contributed by atoms with E-state index in [0.717, 1.165) is 0 Å². The van der Waals surface area contributed by atoms with Crippen molar-refractivity contribution in [3.63, 3.8) is 0 Å². The Morgan fingerprint density at radius 3 is 2.16 bits per heavy atom. The van der Waals surface area contributed by atoms with Gasteiger partial charge in [-0.25, -0.2) is 14.2 Å². The highest BCUT2D eigenvalue weighted by Gasteiger charge is 2.40. The standard InChI is InChI=1S/C23H23F7N6O/c1-21(13-2-4-15(24)5-3-13,14-6-8-35(9-7-14)20(31)37)12-32-18-10-16(22(25,26)27)33-19-11-17(23(28,29)30)34-36(18)19/h2-5,10-11,14,32H,6-9,12H2,1H3,(H2,31,37)/t21-/m1/s1. The summed E-state index contributed by atoms with van der Waals surface area (Å²) in [6, 6.07) is 6.08. The molecule has 0 spiro atoms. The number of piperidine rings is 1. The van der Waals surface area contributed by atoms with Gasteiger partial charge >= 0.3 is 18.4 Å². The summed E-state index contributed by atoms with van der Waals surface area (Å²) in [7, 11) is 0. The number of anilines is 1. The number of hydrogen-bond donors (Lipinski definition) is 2. The Kier molecular flexibility index (Phi) is 6.71. The van der Waals surface area contributed by atoms with Crippen LogP contribution in [0, 0.1) is 11.7 Å². The van der Waals surface area contributed by atoms with Gasteiger partial charge in [-0.05, 0) is 36.5 Å². The third-order valence-corrected chi connectivity index (χ3v) is 6.86. The molecule has 2 aromatic heterocycles. The Bertz CT molecular complexity index is 1280. The van der Waals surface area contributed by atoms with E-state index >= 15 is 0 Å². The molecule has 3 aromatic rings.